The van der Waals surface area contributed by atoms with Gasteiger partial charge in [0.1, 0.15) is 17.6 Å². The maximum absolute atomic E-state index is 13.1. The van der Waals surface area contributed by atoms with Gasteiger partial charge in [-0.3, -0.25) is 9.78 Å². The third-order valence-electron chi connectivity index (χ3n) is 1.87. The molecule has 1 aromatic rings. The molecule has 0 saturated heterocycles. The third kappa shape index (κ3) is 2.04. The van der Waals surface area contributed by atoms with Crippen molar-refractivity contribution in [3.63, 3.8) is 0 Å². The zero-order valence-electron chi connectivity index (χ0n) is 7.50. The van der Waals surface area contributed by atoms with Crippen molar-refractivity contribution in [1.29, 1.82) is 0 Å². The molecule has 76 valence electrons. The van der Waals surface area contributed by atoms with Crippen molar-refractivity contribution in [3.05, 3.63) is 29.6 Å². The second kappa shape index (κ2) is 4.13. The lowest BCUT2D eigenvalue weighted by molar-refractivity contribution is -0.139. The lowest BCUT2D eigenvalue weighted by Gasteiger charge is -2.09. The molecule has 0 aliphatic rings. The molecule has 14 heavy (non-hydrogen) atoms. The maximum Gasteiger partial charge on any atom is 0.312 e. The number of carboxylic acid groups (broad SMARTS) is 1. The summed E-state index contributed by atoms with van der Waals surface area (Å²) in [5.74, 6) is -3.91. The summed E-state index contributed by atoms with van der Waals surface area (Å²) in [6.07, 6.45) is 1.02. The van der Waals surface area contributed by atoms with Crippen LogP contribution in [0.4, 0.5) is 8.78 Å². The zero-order chi connectivity index (χ0) is 10.7. The number of hydrogen-bond acceptors (Lipinski definition) is 2. The first-order valence-corrected chi connectivity index (χ1v) is 4.10. The van der Waals surface area contributed by atoms with Crippen molar-refractivity contribution < 1.29 is 18.7 Å². The van der Waals surface area contributed by atoms with Gasteiger partial charge in [0.25, 0.3) is 0 Å². The van der Waals surface area contributed by atoms with Crippen LogP contribution in [0.1, 0.15) is 25.0 Å². The number of aromatic nitrogens is 1. The lowest BCUT2D eigenvalue weighted by Crippen LogP contribution is -2.14. The predicted octanol–water partition coefficient (Wildman–Crippen LogP) is 1.94. The average Bonchev–Trinajstić information content (AvgIpc) is 2.09. The van der Waals surface area contributed by atoms with Gasteiger partial charge in [-0.05, 0) is 6.42 Å². The normalized spacial score (nSPS) is 12.5. The van der Waals surface area contributed by atoms with E-state index in [4.69, 9.17) is 5.11 Å². The van der Waals surface area contributed by atoms with Crippen LogP contribution >= 0.6 is 0 Å². The minimum atomic E-state index is -1.16. The van der Waals surface area contributed by atoms with E-state index in [1.807, 2.05) is 0 Å². The van der Waals surface area contributed by atoms with Crippen molar-refractivity contribution in [2.75, 3.05) is 0 Å². The number of halogens is 2. The highest BCUT2D eigenvalue weighted by molar-refractivity contribution is 5.75. The van der Waals surface area contributed by atoms with Crippen molar-refractivity contribution in [3.8, 4) is 0 Å². The SMILES string of the molecule is CCC(C(=O)O)c1ncc(F)cc1F. The Kier molecular flexibility index (Phi) is 3.11. The van der Waals surface area contributed by atoms with E-state index in [1.165, 1.54) is 0 Å². The fraction of sp³-hybridized carbons (Fsp3) is 0.333. The van der Waals surface area contributed by atoms with Gasteiger partial charge in [-0.25, -0.2) is 8.78 Å². The molecule has 1 heterocycles. The van der Waals surface area contributed by atoms with Crippen molar-refractivity contribution >= 4 is 5.97 Å². The third-order valence-corrected chi connectivity index (χ3v) is 1.87. The number of carbonyl (C=O) groups is 1. The van der Waals surface area contributed by atoms with Gasteiger partial charge in [0.05, 0.1) is 11.9 Å². The first-order chi connectivity index (χ1) is 6.56. The molecule has 1 atom stereocenters. The van der Waals surface area contributed by atoms with Crippen molar-refractivity contribution in [2.45, 2.75) is 19.3 Å². The molecule has 0 aromatic carbocycles. The summed E-state index contributed by atoms with van der Waals surface area (Å²) in [4.78, 5) is 14.1. The van der Waals surface area contributed by atoms with Gasteiger partial charge in [0, 0.05) is 6.07 Å². The highest BCUT2D eigenvalue weighted by atomic mass is 19.1. The summed E-state index contributed by atoms with van der Waals surface area (Å²) in [6.45, 7) is 1.60. The Bertz CT molecular complexity index is 355. The van der Waals surface area contributed by atoms with Crippen molar-refractivity contribution in [1.82, 2.24) is 4.98 Å². The summed E-state index contributed by atoms with van der Waals surface area (Å²) in [6, 6.07) is 0.633. The maximum atomic E-state index is 13.1. The number of carboxylic acids is 1. The molecule has 0 fully saturated rings. The van der Waals surface area contributed by atoms with Crippen LogP contribution in [0.3, 0.4) is 0 Å². The smallest absolute Gasteiger partial charge is 0.312 e. The molecule has 0 saturated carbocycles. The van der Waals surface area contributed by atoms with E-state index in [0.717, 1.165) is 6.20 Å². The minimum Gasteiger partial charge on any atom is -0.481 e. The van der Waals surface area contributed by atoms with Gasteiger partial charge >= 0.3 is 5.97 Å². The Labute approximate surface area is 79.4 Å². The van der Waals surface area contributed by atoms with E-state index in [9.17, 15) is 13.6 Å². The molecule has 0 radical (unpaired) electrons. The molecule has 0 bridgehead atoms. The Morgan fingerprint density at radius 2 is 2.29 bits per heavy atom. The highest BCUT2D eigenvalue weighted by Crippen LogP contribution is 2.20. The van der Waals surface area contributed by atoms with Crippen LogP contribution in [-0.4, -0.2) is 16.1 Å². The summed E-state index contributed by atoms with van der Waals surface area (Å²) in [5, 5.41) is 8.72. The number of hydrogen-bond donors (Lipinski definition) is 1. The van der Waals surface area contributed by atoms with E-state index in [-0.39, 0.29) is 12.1 Å². The second-order valence-electron chi connectivity index (χ2n) is 2.82. The molecule has 0 aliphatic heterocycles. The number of nitrogens with zero attached hydrogens (tertiary/aromatic N) is 1. The molecule has 0 aliphatic carbocycles. The van der Waals surface area contributed by atoms with Crippen LogP contribution in [0.25, 0.3) is 0 Å². The molecule has 0 amide bonds. The summed E-state index contributed by atoms with van der Waals surface area (Å²) in [5.41, 5.74) is -0.221. The molecule has 5 heteroatoms. The largest absolute Gasteiger partial charge is 0.481 e. The molecule has 1 unspecified atom stereocenters. The minimum absolute atomic E-state index is 0.213. The Morgan fingerprint density at radius 1 is 1.64 bits per heavy atom. The van der Waals surface area contributed by atoms with Gasteiger partial charge < -0.3 is 5.11 Å². The topological polar surface area (TPSA) is 50.2 Å². The molecule has 0 spiro atoms. The van der Waals surface area contributed by atoms with Crippen LogP contribution in [0, 0.1) is 11.6 Å². The van der Waals surface area contributed by atoms with Crippen molar-refractivity contribution in [2.24, 2.45) is 0 Å². The zero-order valence-corrected chi connectivity index (χ0v) is 7.50. The van der Waals surface area contributed by atoms with E-state index in [2.05, 4.69) is 4.98 Å². The number of aliphatic carboxylic acids is 1. The molecule has 1 rings (SSSR count). The van der Waals surface area contributed by atoms with Crippen LogP contribution in [-0.2, 0) is 4.79 Å². The highest BCUT2D eigenvalue weighted by Gasteiger charge is 2.22. The first kappa shape index (κ1) is 10.6. The van der Waals surface area contributed by atoms with Gasteiger partial charge in [-0.2, -0.15) is 0 Å². The van der Waals surface area contributed by atoms with Gasteiger partial charge in [0.2, 0.25) is 0 Å². The molecule has 1 aromatic heterocycles. The summed E-state index contributed by atoms with van der Waals surface area (Å²) < 4.78 is 25.5. The quantitative estimate of drug-likeness (QED) is 0.812. The fourth-order valence-electron chi connectivity index (χ4n) is 1.17. The van der Waals surface area contributed by atoms with Gasteiger partial charge in [-0.15, -0.1) is 0 Å². The first-order valence-electron chi connectivity index (χ1n) is 4.10. The monoisotopic (exact) mass is 201 g/mol. The Morgan fingerprint density at radius 3 is 2.71 bits per heavy atom. The number of rotatable bonds is 3. The summed E-state index contributed by atoms with van der Waals surface area (Å²) >= 11 is 0. The van der Waals surface area contributed by atoms with Crippen LogP contribution in [0.5, 0.6) is 0 Å². The van der Waals surface area contributed by atoms with Crippen LogP contribution < -0.4 is 0 Å². The van der Waals surface area contributed by atoms with Gasteiger partial charge in [0.15, 0.2) is 0 Å². The molecule has 3 nitrogen and oxygen atoms in total. The second-order valence-corrected chi connectivity index (χ2v) is 2.82. The average molecular weight is 201 g/mol. The van der Waals surface area contributed by atoms with E-state index >= 15 is 0 Å². The van der Waals surface area contributed by atoms with E-state index < -0.39 is 23.5 Å². The Balaban J connectivity index is 3.10. The lowest BCUT2D eigenvalue weighted by atomic mass is 10.0. The fourth-order valence-corrected chi connectivity index (χ4v) is 1.17. The van der Waals surface area contributed by atoms with Crippen LogP contribution in [0.2, 0.25) is 0 Å². The molecular formula is C9H9F2NO2. The standard InChI is InChI=1S/C9H9F2NO2/c1-2-6(9(13)14)8-7(11)3-5(10)4-12-8/h3-4,6H,2H2,1H3,(H,13,14). The summed E-state index contributed by atoms with van der Waals surface area (Å²) in [7, 11) is 0. The van der Waals surface area contributed by atoms with E-state index in [0.29, 0.717) is 6.07 Å². The number of pyridine rings is 1. The Hall–Kier alpha value is -1.52. The van der Waals surface area contributed by atoms with E-state index in [1.54, 1.807) is 6.92 Å². The predicted molar refractivity (Wildman–Crippen MR) is 44.8 cm³/mol. The molecule has 1 N–H and O–H groups in total. The van der Waals surface area contributed by atoms with Crippen LogP contribution in [0.15, 0.2) is 12.3 Å². The van der Waals surface area contributed by atoms with Gasteiger partial charge in [-0.1, -0.05) is 6.92 Å². The molecular weight excluding hydrogens is 192 g/mol.